The highest BCUT2D eigenvalue weighted by Gasteiger charge is 2.42. The number of hydrogen-bond acceptors (Lipinski definition) is 8. The van der Waals surface area contributed by atoms with Crippen LogP contribution in [0, 0.1) is 12.8 Å². The quantitative estimate of drug-likeness (QED) is 0.191. The van der Waals surface area contributed by atoms with Gasteiger partial charge in [-0.05, 0) is 49.8 Å². The normalized spacial score (nSPS) is 13.2. The maximum Gasteiger partial charge on any atom is 0.403 e. The molecular formula is C29H41ClF3N7O4S. The Morgan fingerprint density at radius 3 is 2.44 bits per heavy atom. The van der Waals surface area contributed by atoms with Gasteiger partial charge in [-0.3, -0.25) is 19.1 Å². The Labute approximate surface area is 267 Å². The summed E-state index contributed by atoms with van der Waals surface area (Å²) in [5, 5.41) is 8.48. The smallest absolute Gasteiger partial charge is 0.403 e. The molecule has 45 heavy (non-hydrogen) atoms. The third-order valence-corrected chi connectivity index (χ3v) is 8.40. The van der Waals surface area contributed by atoms with Gasteiger partial charge in [0.15, 0.2) is 0 Å². The summed E-state index contributed by atoms with van der Waals surface area (Å²) >= 11 is 6.34. The van der Waals surface area contributed by atoms with Gasteiger partial charge in [0.25, 0.3) is 5.91 Å². The van der Waals surface area contributed by atoms with E-state index in [0.29, 0.717) is 30.0 Å². The number of likely N-dealkylation sites (N-methyl/N-ethyl adjacent to an activating group) is 1. The van der Waals surface area contributed by atoms with Gasteiger partial charge in [-0.15, -0.1) is 0 Å². The lowest BCUT2D eigenvalue weighted by atomic mass is 10.1. The zero-order valence-electron chi connectivity index (χ0n) is 26.4. The third-order valence-electron chi connectivity index (χ3n) is 6.89. The number of aryl methyl sites for hydroxylation is 1. The first-order chi connectivity index (χ1) is 21.0. The van der Waals surface area contributed by atoms with Crippen molar-refractivity contribution >= 4 is 51.0 Å². The molecule has 0 aliphatic rings. The van der Waals surface area contributed by atoms with Crippen LogP contribution in [0.3, 0.4) is 0 Å². The first kappa shape index (κ1) is 37.6. The molecule has 16 heteroatoms. The van der Waals surface area contributed by atoms with Crippen LogP contribution in [-0.2, 0) is 16.6 Å². The molecule has 0 saturated heterocycles. The molecule has 0 heterocycles. The summed E-state index contributed by atoms with van der Waals surface area (Å²) in [5.74, 6) is -2.71. The Bertz CT molecular complexity index is 1490. The van der Waals surface area contributed by atoms with Gasteiger partial charge in [-0.2, -0.15) is 13.2 Å². The number of carbonyl (C=O) groups is 1. The topological polar surface area (TPSA) is 128 Å². The third kappa shape index (κ3) is 11.1. The van der Waals surface area contributed by atoms with Crippen LogP contribution in [-0.4, -0.2) is 98.3 Å². The average Bonchev–Trinajstić information content (AvgIpc) is 2.97. The number of hydrogen-bond donors (Lipinski definition) is 3. The minimum absolute atomic E-state index is 0.119. The highest BCUT2D eigenvalue weighted by Crippen LogP contribution is 2.32. The van der Waals surface area contributed by atoms with Gasteiger partial charge >= 0.3 is 6.18 Å². The Balaban J connectivity index is 2.17. The molecule has 0 fully saturated rings. The number of methoxy groups -OCH3 is 1. The van der Waals surface area contributed by atoms with E-state index in [4.69, 9.17) is 16.3 Å². The molecule has 0 aliphatic carbocycles. The summed E-state index contributed by atoms with van der Waals surface area (Å²) in [6.45, 7) is 5.29. The average molecular weight is 676 g/mol. The van der Waals surface area contributed by atoms with Gasteiger partial charge in [0.05, 0.1) is 35.3 Å². The Morgan fingerprint density at radius 2 is 1.87 bits per heavy atom. The molecule has 1 atom stereocenters. The summed E-state index contributed by atoms with van der Waals surface area (Å²) in [6.07, 6.45) is -2.96. The molecule has 0 aromatic heterocycles. The molecule has 2 aromatic carbocycles. The number of carbonyl (C=O) groups excluding carboxylic acids is 1. The largest absolute Gasteiger partial charge is 0.495 e. The van der Waals surface area contributed by atoms with Crippen LogP contribution in [0.15, 0.2) is 40.3 Å². The second-order valence-electron chi connectivity index (χ2n) is 10.2. The lowest BCUT2D eigenvalue weighted by Gasteiger charge is -2.23. The van der Waals surface area contributed by atoms with E-state index in [1.165, 1.54) is 33.3 Å². The Morgan fingerprint density at radius 1 is 1.18 bits per heavy atom. The van der Waals surface area contributed by atoms with Gasteiger partial charge in [0.2, 0.25) is 10.0 Å². The molecule has 250 valence electrons. The second-order valence-corrected chi connectivity index (χ2v) is 12.6. The monoisotopic (exact) mass is 675 g/mol. The first-order valence-electron chi connectivity index (χ1n) is 13.9. The second kappa shape index (κ2) is 16.7. The van der Waals surface area contributed by atoms with Crippen molar-refractivity contribution in [2.24, 2.45) is 15.9 Å². The van der Waals surface area contributed by atoms with Gasteiger partial charge in [-0.25, -0.2) is 8.42 Å². The van der Waals surface area contributed by atoms with E-state index in [-0.39, 0.29) is 35.5 Å². The lowest BCUT2D eigenvalue weighted by Crippen LogP contribution is -2.40. The number of ether oxygens (including phenoxy) is 1. The number of anilines is 2. The molecule has 0 aliphatic heterocycles. The summed E-state index contributed by atoms with van der Waals surface area (Å²) < 4.78 is 73.0. The van der Waals surface area contributed by atoms with Crippen LogP contribution >= 0.6 is 11.6 Å². The van der Waals surface area contributed by atoms with Crippen molar-refractivity contribution < 1.29 is 31.1 Å². The maximum atomic E-state index is 14.1. The van der Waals surface area contributed by atoms with Crippen molar-refractivity contribution in [3.63, 3.8) is 0 Å². The Kier molecular flexibility index (Phi) is 13.9. The molecule has 0 saturated carbocycles. The van der Waals surface area contributed by atoms with Gasteiger partial charge in [-0.1, -0.05) is 30.7 Å². The van der Waals surface area contributed by atoms with E-state index in [1.807, 2.05) is 18.9 Å². The molecule has 0 radical (unpaired) electrons. The Hall–Kier alpha value is -3.56. The molecule has 3 N–H and O–H groups in total. The predicted octanol–water partition coefficient (Wildman–Crippen LogP) is 4.17. The maximum absolute atomic E-state index is 14.1. The number of amidine groups is 1. The highest BCUT2D eigenvalue weighted by atomic mass is 35.5. The number of aliphatic imine (C=N–C) groups is 2. The fourth-order valence-electron chi connectivity index (χ4n) is 4.06. The number of nitrogens with zero attached hydrogens (tertiary/aromatic N) is 4. The van der Waals surface area contributed by atoms with Gasteiger partial charge < -0.3 is 25.6 Å². The molecule has 2 rings (SSSR count). The van der Waals surface area contributed by atoms with Crippen molar-refractivity contribution in [1.82, 2.24) is 15.5 Å². The predicted molar refractivity (Wildman–Crippen MR) is 175 cm³/mol. The SMILES string of the molecule is CCN(C)CCNC(=O)c1cc(OC)c(NCN=CC(C(=NC)NCc2ccc(C)cc2N(C)S(C)(=O)=O)C(F)(F)F)cc1Cl. The number of halogens is 4. The number of amides is 1. The van der Waals surface area contributed by atoms with Crippen molar-refractivity contribution in [3.05, 3.63) is 52.0 Å². The minimum atomic E-state index is -4.73. The lowest BCUT2D eigenvalue weighted by molar-refractivity contribution is -0.138. The van der Waals surface area contributed by atoms with Crippen LogP contribution in [0.2, 0.25) is 5.02 Å². The van der Waals surface area contributed by atoms with E-state index >= 15 is 0 Å². The molecule has 1 amide bonds. The molecule has 1 unspecified atom stereocenters. The minimum Gasteiger partial charge on any atom is -0.495 e. The zero-order valence-corrected chi connectivity index (χ0v) is 28.0. The number of alkyl halides is 3. The molecule has 0 bridgehead atoms. The van der Waals surface area contributed by atoms with Crippen LogP contribution in [0.25, 0.3) is 0 Å². The van der Waals surface area contributed by atoms with Gasteiger partial charge in [0.1, 0.15) is 24.2 Å². The van der Waals surface area contributed by atoms with Crippen molar-refractivity contribution in [2.75, 3.05) is 70.4 Å². The van der Waals surface area contributed by atoms with E-state index in [2.05, 4.69) is 25.9 Å². The highest BCUT2D eigenvalue weighted by molar-refractivity contribution is 7.92. The van der Waals surface area contributed by atoms with E-state index in [1.54, 1.807) is 25.1 Å². The molecule has 0 spiro atoms. The molecular weight excluding hydrogens is 635 g/mol. The number of nitrogens with one attached hydrogen (secondary N) is 3. The van der Waals surface area contributed by atoms with E-state index < -0.39 is 28.0 Å². The summed E-state index contributed by atoms with van der Waals surface area (Å²) in [5.41, 5.74) is 2.10. The zero-order chi connectivity index (χ0) is 33.9. The van der Waals surface area contributed by atoms with E-state index in [9.17, 15) is 26.4 Å². The number of benzene rings is 2. The summed E-state index contributed by atoms with van der Waals surface area (Å²) in [7, 11) is 2.30. The molecule has 2 aromatic rings. The van der Waals surface area contributed by atoms with Crippen LogP contribution in [0.4, 0.5) is 24.5 Å². The van der Waals surface area contributed by atoms with E-state index in [0.717, 1.165) is 28.9 Å². The fraction of sp³-hybridized carbons (Fsp3) is 0.483. The van der Waals surface area contributed by atoms with Crippen LogP contribution < -0.4 is 25.0 Å². The van der Waals surface area contributed by atoms with Crippen LogP contribution in [0.5, 0.6) is 5.75 Å². The van der Waals surface area contributed by atoms with Crippen molar-refractivity contribution in [1.29, 1.82) is 0 Å². The van der Waals surface area contributed by atoms with Gasteiger partial charge in [0, 0.05) is 39.9 Å². The number of rotatable bonds is 15. The van der Waals surface area contributed by atoms with Crippen molar-refractivity contribution in [3.8, 4) is 5.75 Å². The number of sulfonamides is 1. The standard InChI is InChI=1S/C29H41ClF3N7O4S/c1-8-39(4)12-11-36-28(41)21-14-26(44-6)24(15-23(21)30)38-18-35-17-22(29(31,32)33)27(34-3)37-16-20-10-9-19(2)13-25(20)40(5)45(7,42)43/h9-10,13-15,17,22,38H,8,11-12,16,18H2,1-7H3,(H,34,37)(H,36,41). The van der Waals surface area contributed by atoms with Crippen LogP contribution in [0.1, 0.15) is 28.4 Å². The summed E-state index contributed by atoms with van der Waals surface area (Å²) in [6, 6.07) is 7.90. The molecule has 11 nitrogen and oxygen atoms in total. The van der Waals surface area contributed by atoms with Crippen molar-refractivity contribution in [2.45, 2.75) is 26.6 Å². The summed E-state index contributed by atoms with van der Waals surface area (Å²) in [4.78, 5) is 22.4. The first-order valence-corrected chi connectivity index (χ1v) is 16.1. The fourth-order valence-corrected chi connectivity index (χ4v) is 4.83.